The van der Waals surface area contributed by atoms with Gasteiger partial charge >= 0.3 is 0 Å². The minimum absolute atomic E-state index is 0.291. The number of pyridine rings is 1. The molecule has 2 heterocycles. The quantitative estimate of drug-likeness (QED) is 0.789. The van der Waals surface area contributed by atoms with Gasteiger partial charge in [-0.1, -0.05) is 17.7 Å². The van der Waals surface area contributed by atoms with E-state index in [9.17, 15) is 0 Å². The van der Waals surface area contributed by atoms with Gasteiger partial charge in [-0.15, -0.1) is 0 Å². The average Bonchev–Trinajstić information content (AvgIpc) is 2.83. The van der Waals surface area contributed by atoms with Gasteiger partial charge in [0.25, 0.3) is 0 Å². The largest absolute Gasteiger partial charge is 0.316 e. The zero-order valence-electron chi connectivity index (χ0n) is 9.99. The number of nitrogens with one attached hydrogen (secondary N) is 1. The molecule has 92 valence electrons. The molecule has 1 aliphatic carbocycles. The van der Waals surface area contributed by atoms with E-state index in [1.807, 2.05) is 6.07 Å². The van der Waals surface area contributed by atoms with Crippen molar-refractivity contribution in [3.05, 3.63) is 34.6 Å². The van der Waals surface area contributed by atoms with E-state index in [-0.39, 0.29) is 0 Å². The molecule has 4 heteroatoms. The maximum Gasteiger partial charge on any atom is 0.146 e. The van der Waals surface area contributed by atoms with Crippen LogP contribution in [0.1, 0.15) is 24.0 Å². The number of halogens is 1. The van der Waals surface area contributed by atoms with Crippen LogP contribution in [-0.2, 0) is 0 Å². The summed E-state index contributed by atoms with van der Waals surface area (Å²) in [6, 6.07) is 3.94. The van der Waals surface area contributed by atoms with Crippen LogP contribution in [0.3, 0.4) is 0 Å². The summed E-state index contributed by atoms with van der Waals surface area (Å²) in [5.41, 5.74) is 2.82. The first-order valence-electron chi connectivity index (χ1n) is 6.25. The van der Waals surface area contributed by atoms with E-state index in [0.29, 0.717) is 22.6 Å². The molecule has 18 heavy (non-hydrogen) atoms. The van der Waals surface area contributed by atoms with Crippen LogP contribution < -0.4 is 5.32 Å². The third kappa shape index (κ3) is 2.03. The molecule has 2 atom stereocenters. The van der Waals surface area contributed by atoms with E-state index in [4.69, 9.17) is 16.9 Å². The fourth-order valence-corrected chi connectivity index (χ4v) is 3.06. The summed E-state index contributed by atoms with van der Waals surface area (Å²) in [6.45, 7) is 2.20. The lowest BCUT2D eigenvalue weighted by molar-refractivity contribution is 0.324. The number of allylic oxidation sites excluding steroid dienone is 2. The molecule has 1 N–H and O–H groups in total. The third-order valence-corrected chi connectivity index (χ3v) is 4.20. The van der Waals surface area contributed by atoms with Gasteiger partial charge in [0.2, 0.25) is 0 Å². The van der Waals surface area contributed by atoms with Crippen molar-refractivity contribution in [3.63, 3.8) is 0 Å². The van der Waals surface area contributed by atoms with E-state index >= 15 is 0 Å². The first-order chi connectivity index (χ1) is 8.78. The highest BCUT2D eigenvalue weighted by Gasteiger charge is 2.30. The van der Waals surface area contributed by atoms with Crippen LogP contribution in [0.15, 0.2) is 18.3 Å². The van der Waals surface area contributed by atoms with Gasteiger partial charge in [-0.2, -0.15) is 5.26 Å². The molecule has 0 aromatic carbocycles. The van der Waals surface area contributed by atoms with Crippen LogP contribution >= 0.6 is 11.6 Å². The Kier molecular flexibility index (Phi) is 3.07. The highest BCUT2D eigenvalue weighted by Crippen LogP contribution is 2.39. The van der Waals surface area contributed by atoms with Gasteiger partial charge in [0.05, 0.1) is 5.56 Å². The monoisotopic (exact) mass is 259 g/mol. The topological polar surface area (TPSA) is 48.7 Å². The van der Waals surface area contributed by atoms with Crippen molar-refractivity contribution in [2.75, 3.05) is 13.1 Å². The molecular weight excluding hydrogens is 246 g/mol. The van der Waals surface area contributed by atoms with E-state index < -0.39 is 0 Å². The lowest BCUT2D eigenvalue weighted by atomic mass is 9.89. The second-order valence-electron chi connectivity index (χ2n) is 4.99. The molecule has 1 aliphatic heterocycles. The molecule has 0 spiro atoms. The highest BCUT2D eigenvalue weighted by molar-refractivity contribution is 6.30. The van der Waals surface area contributed by atoms with E-state index in [0.717, 1.165) is 25.1 Å². The van der Waals surface area contributed by atoms with Crippen LogP contribution in [0.4, 0.5) is 0 Å². The molecule has 0 unspecified atom stereocenters. The standard InChI is InChI=1S/C14H14ClN3/c15-14-11(6-16)5-13(8-18-14)10-3-9-1-2-17-7-12(9)4-10/h3,5,8-9,12,17H,1-2,4,7H2/t9-,12-/m0/s1. The van der Waals surface area contributed by atoms with Gasteiger partial charge in [0, 0.05) is 6.20 Å². The van der Waals surface area contributed by atoms with Crippen LogP contribution in [0.25, 0.3) is 5.57 Å². The minimum atomic E-state index is 0.291. The summed E-state index contributed by atoms with van der Waals surface area (Å²) in [6.07, 6.45) is 6.42. The van der Waals surface area contributed by atoms with Crippen molar-refractivity contribution in [1.82, 2.24) is 10.3 Å². The van der Waals surface area contributed by atoms with E-state index in [1.54, 1.807) is 6.20 Å². The fourth-order valence-electron chi connectivity index (χ4n) is 2.91. The maximum absolute atomic E-state index is 8.99. The van der Waals surface area contributed by atoms with Crippen molar-refractivity contribution in [2.45, 2.75) is 12.8 Å². The predicted octanol–water partition coefficient (Wildman–Crippen LogP) is 2.62. The van der Waals surface area contributed by atoms with Gasteiger partial charge < -0.3 is 5.32 Å². The molecular formula is C14H14ClN3. The molecule has 0 saturated carbocycles. The van der Waals surface area contributed by atoms with Gasteiger partial charge in [0.1, 0.15) is 11.2 Å². The van der Waals surface area contributed by atoms with Gasteiger partial charge in [-0.05, 0) is 55.0 Å². The molecule has 0 amide bonds. The first-order valence-corrected chi connectivity index (χ1v) is 6.63. The Morgan fingerprint density at radius 2 is 2.39 bits per heavy atom. The molecule has 1 aromatic heterocycles. The third-order valence-electron chi connectivity index (χ3n) is 3.89. The highest BCUT2D eigenvalue weighted by atomic mass is 35.5. The second-order valence-corrected chi connectivity index (χ2v) is 5.34. The van der Waals surface area contributed by atoms with Gasteiger partial charge in [-0.3, -0.25) is 0 Å². The zero-order valence-corrected chi connectivity index (χ0v) is 10.7. The predicted molar refractivity (Wildman–Crippen MR) is 71.0 cm³/mol. The molecule has 0 radical (unpaired) electrons. The Labute approximate surface area is 111 Å². The zero-order chi connectivity index (χ0) is 12.5. The normalized spacial score (nSPS) is 26.3. The summed E-state index contributed by atoms with van der Waals surface area (Å²) in [7, 11) is 0. The van der Waals surface area contributed by atoms with Crippen LogP contribution in [0, 0.1) is 23.2 Å². The van der Waals surface area contributed by atoms with E-state index in [2.05, 4.69) is 22.4 Å². The molecule has 3 rings (SSSR count). The van der Waals surface area contributed by atoms with Gasteiger partial charge in [0.15, 0.2) is 0 Å². The van der Waals surface area contributed by atoms with Crippen molar-refractivity contribution in [1.29, 1.82) is 5.26 Å². The number of rotatable bonds is 1. The Morgan fingerprint density at radius 1 is 1.50 bits per heavy atom. The fraction of sp³-hybridized carbons (Fsp3) is 0.429. The number of hydrogen-bond donors (Lipinski definition) is 1. The number of hydrogen-bond acceptors (Lipinski definition) is 3. The summed E-state index contributed by atoms with van der Waals surface area (Å²) in [4.78, 5) is 4.10. The minimum Gasteiger partial charge on any atom is -0.316 e. The summed E-state index contributed by atoms with van der Waals surface area (Å²) >= 11 is 5.86. The van der Waals surface area contributed by atoms with E-state index in [1.165, 1.54) is 12.0 Å². The molecule has 1 fully saturated rings. The number of nitriles is 1. The van der Waals surface area contributed by atoms with Crippen LogP contribution in [-0.4, -0.2) is 18.1 Å². The Balaban J connectivity index is 1.90. The van der Waals surface area contributed by atoms with Crippen molar-refractivity contribution < 1.29 is 0 Å². The first kappa shape index (κ1) is 11.7. The molecule has 3 nitrogen and oxygen atoms in total. The smallest absolute Gasteiger partial charge is 0.146 e. The summed E-state index contributed by atoms with van der Waals surface area (Å²) in [5.74, 6) is 1.39. The number of piperidine rings is 1. The van der Waals surface area contributed by atoms with Crippen molar-refractivity contribution >= 4 is 17.2 Å². The SMILES string of the molecule is N#Cc1cc(C2=C[C@@H]3CCNC[C@@H]3C2)cnc1Cl. The molecule has 2 aliphatic rings. The Morgan fingerprint density at radius 3 is 3.17 bits per heavy atom. The molecule has 0 bridgehead atoms. The van der Waals surface area contributed by atoms with Crippen LogP contribution in [0.2, 0.25) is 5.15 Å². The van der Waals surface area contributed by atoms with Crippen molar-refractivity contribution in [3.8, 4) is 6.07 Å². The Bertz CT molecular complexity index is 544. The Hall–Kier alpha value is -1.37. The number of fused-ring (bicyclic) bond motifs is 1. The molecule has 1 aromatic rings. The summed E-state index contributed by atoms with van der Waals surface area (Å²) in [5, 5.41) is 12.7. The lowest BCUT2D eigenvalue weighted by Crippen LogP contribution is -2.33. The second kappa shape index (κ2) is 4.72. The summed E-state index contributed by atoms with van der Waals surface area (Å²) < 4.78 is 0. The molecule has 1 saturated heterocycles. The maximum atomic E-state index is 8.99. The van der Waals surface area contributed by atoms with Gasteiger partial charge in [-0.25, -0.2) is 4.98 Å². The average molecular weight is 260 g/mol. The van der Waals surface area contributed by atoms with Crippen LogP contribution in [0.5, 0.6) is 0 Å². The lowest BCUT2D eigenvalue weighted by Gasteiger charge is -2.25. The number of nitrogens with zero attached hydrogens (tertiary/aromatic N) is 2. The number of aromatic nitrogens is 1. The van der Waals surface area contributed by atoms with Crippen molar-refractivity contribution in [2.24, 2.45) is 11.8 Å².